The van der Waals surface area contributed by atoms with Crippen LogP contribution in [0.3, 0.4) is 0 Å². The van der Waals surface area contributed by atoms with Crippen LogP contribution >= 0.6 is 24.0 Å². The Morgan fingerprint density at radius 1 is 1.17 bits per heavy atom. The predicted molar refractivity (Wildman–Crippen MR) is 110 cm³/mol. The highest BCUT2D eigenvalue weighted by Gasteiger charge is 2.18. The van der Waals surface area contributed by atoms with E-state index in [-0.39, 0.29) is 24.0 Å². The standard InChI is InChI=1S/C17H36N4O.HI/c1-4-6-7-10-19-17(18-5-2)20-15-16-8-11-21(12-9-16)13-14-22-3;/h16H,4-15H2,1-3H3,(H2,18,19,20);1H. The Balaban J connectivity index is 0.00000484. The molecule has 23 heavy (non-hydrogen) atoms. The number of guanidine groups is 1. The summed E-state index contributed by atoms with van der Waals surface area (Å²) in [6, 6.07) is 0. The van der Waals surface area contributed by atoms with Gasteiger partial charge in [0.05, 0.1) is 6.61 Å². The summed E-state index contributed by atoms with van der Waals surface area (Å²) in [4.78, 5) is 7.27. The topological polar surface area (TPSA) is 48.9 Å². The van der Waals surface area contributed by atoms with Crippen molar-refractivity contribution in [2.45, 2.75) is 46.0 Å². The number of nitrogens with one attached hydrogen (secondary N) is 2. The SMILES string of the molecule is CCCCCNC(=NCC1CCN(CCOC)CC1)NCC.I. The number of hydrogen-bond donors (Lipinski definition) is 2. The van der Waals surface area contributed by atoms with Gasteiger partial charge in [-0.15, -0.1) is 24.0 Å². The fourth-order valence-corrected chi connectivity index (χ4v) is 2.76. The van der Waals surface area contributed by atoms with Crippen LogP contribution in [0.1, 0.15) is 46.0 Å². The first-order valence-electron chi connectivity index (χ1n) is 9.03. The van der Waals surface area contributed by atoms with Crippen LogP contribution in [-0.2, 0) is 4.74 Å². The Kier molecular flexibility index (Phi) is 15.4. The third-order valence-electron chi connectivity index (χ3n) is 4.24. The number of likely N-dealkylation sites (tertiary alicyclic amines) is 1. The molecular formula is C17H37IN4O. The van der Waals surface area contributed by atoms with E-state index in [9.17, 15) is 0 Å². The third kappa shape index (κ3) is 11.2. The van der Waals surface area contributed by atoms with Gasteiger partial charge in [-0.1, -0.05) is 19.8 Å². The summed E-state index contributed by atoms with van der Waals surface area (Å²) < 4.78 is 5.15. The highest BCUT2D eigenvalue weighted by molar-refractivity contribution is 14.0. The normalized spacial score (nSPS) is 16.9. The lowest BCUT2D eigenvalue weighted by molar-refractivity contribution is 0.121. The summed E-state index contributed by atoms with van der Waals surface area (Å²) in [7, 11) is 1.78. The Labute approximate surface area is 160 Å². The Morgan fingerprint density at radius 3 is 2.52 bits per heavy atom. The molecule has 0 spiro atoms. The molecular weight excluding hydrogens is 403 g/mol. The van der Waals surface area contributed by atoms with E-state index >= 15 is 0 Å². The Morgan fingerprint density at radius 2 is 1.91 bits per heavy atom. The lowest BCUT2D eigenvalue weighted by Gasteiger charge is -2.31. The van der Waals surface area contributed by atoms with Crippen LogP contribution < -0.4 is 10.6 Å². The minimum Gasteiger partial charge on any atom is -0.383 e. The van der Waals surface area contributed by atoms with Crippen LogP contribution in [0.2, 0.25) is 0 Å². The molecule has 1 saturated heterocycles. The fourth-order valence-electron chi connectivity index (χ4n) is 2.76. The molecule has 0 aromatic rings. The van der Waals surface area contributed by atoms with Crippen molar-refractivity contribution in [2.75, 3.05) is 53.0 Å². The summed E-state index contributed by atoms with van der Waals surface area (Å²) in [5, 5.41) is 6.79. The van der Waals surface area contributed by atoms with Gasteiger partial charge in [-0.2, -0.15) is 0 Å². The van der Waals surface area contributed by atoms with Crippen LogP contribution in [0.25, 0.3) is 0 Å². The first kappa shape index (κ1) is 22.9. The molecule has 6 heteroatoms. The van der Waals surface area contributed by atoms with Gasteiger partial charge in [0.15, 0.2) is 5.96 Å². The number of hydrogen-bond acceptors (Lipinski definition) is 3. The molecule has 0 radical (unpaired) electrons. The molecule has 1 aliphatic rings. The van der Waals surface area contributed by atoms with Gasteiger partial charge in [0.2, 0.25) is 0 Å². The summed E-state index contributed by atoms with van der Waals surface area (Å²) >= 11 is 0. The second kappa shape index (κ2) is 15.4. The van der Waals surface area contributed by atoms with Gasteiger partial charge >= 0.3 is 0 Å². The van der Waals surface area contributed by atoms with Crippen LogP contribution in [-0.4, -0.2) is 63.8 Å². The van der Waals surface area contributed by atoms with Crippen molar-refractivity contribution < 1.29 is 4.74 Å². The molecule has 1 heterocycles. The van der Waals surface area contributed by atoms with E-state index < -0.39 is 0 Å². The molecule has 0 bridgehead atoms. The van der Waals surface area contributed by atoms with Crippen LogP contribution in [0.4, 0.5) is 0 Å². The molecule has 0 aromatic carbocycles. The quantitative estimate of drug-likeness (QED) is 0.237. The molecule has 0 aliphatic carbocycles. The largest absolute Gasteiger partial charge is 0.383 e. The molecule has 0 aromatic heterocycles. The maximum Gasteiger partial charge on any atom is 0.191 e. The van der Waals surface area contributed by atoms with Crippen molar-refractivity contribution in [1.82, 2.24) is 15.5 Å². The van der Waals surface area contributed by atoms with E-state index in [4.69, 9.17) is 9.73 Å². The summed E-state index contributed by atoms with van der Waals surface area (Å²) in [6.07, 6.45) is 6.27. The van der Waals surface area contributed by atoms with E-state index in [0.29, 0.717) is 0 Å². The van der Waals surface area contributed by atoms with E-state index in [1.54, 1.807) is 7.11 Å². The second-order valence-electron chi connectivity index (χ2n) is 6.13. The van der Waals surface area contributed by atoms with Crippen molar-refractivity contribution in [1.29, 1.82) is 0 Å². The summed E-state index contributed by atoms with van der Waals surface area (Å²) in [5.41, 5.74) is 0. The monoisotopic (exact) mass is 440 g/mol. The third-order valence-corrected chi connectivity index (χ3v) is 4.24. The number of unbranched alkanes of at least 4 members (excludes halogenated alkanes) is 2. The number of piperidine rings is 1. The molecule has 0 unspecified atom stereocenters. The minimum absolute atomic E-state index is 0. The van der Waals surface area contributed by atoms with Crippen molar-refractivity contribution in [3.05, 3.63) is 0 Å². The highest BCUT2D eigenvalue weighted by atomic mass is 127. The van der Waals surface area contributed by atoms with Crippen molar-refractivity contribution in [3.8, 4) is 0 Å². The van der Waals surface area contributed by atoms with Gasteiger partial charge in [-0.3, -0.25) is 4.99 Å². The molecule has 2 N–H and O–H groups in total. The lowest BCUT2D eigenvalue weighted by Crippen LogP contribution is -2.39. The maximum absolute atomic E-state index is 5.15. The van der Waals surface area contributed by atoms with Crippen molar-refractivity contribution in [2.24, 2.45) is 10.9 Å². The highest BCUT2D eigenvalue weighted by Crippen LogP contribution is 2.17. The van der Waals surface area contributed by atoms with E-state index in [1.807, 2.05) is 0 Å². The summed E-state index contributed by atoms with van der Waals surface area (Å²) in [5.74, 6) is 1.71. The molecule has 1 fully saturated rings. The van der Waals surface area contributed by atoms with Gasteiger partial charge < -0.3 is 20.3 Å². The average Bonchev–Trinajstić information content (AvgIpc) is 2.55. The predicted octanol–water partition coefficient (Wildman–Crippen LogP) is 2.71. The smallest absolute Gasteiger partial charge is 0.191 e. The summed E-state index contributed by atoms with van der Waals surface area (Å²) in [6.45, 7) is 11.5. The molecule has 0 amide bonds. The molecule has 0 saturated carbocycles. The number of methoxy groups -OCH3 is 1. The average molecular weight is 440 g/mol. The molecule has 138 valence electrons. The Bertz CT molecular complexity index is 294. The van der Waals surface area contributed by atoms with Gasteiger partial charge in [0.25, 0.3) is 0 Å². The zero-order valence-electron chi connectivity index (χ0n) is 15.3. The zero-order chi connectivity index (χ0) is 16.0. The number of halogens is 1. The molecule has 5 nitrogen and oxygen atoms in total. The first-order chi connectivity index (χ1) is 10.8. The minimum atomic E-state index is 0. The Hall–Kier alpha value is -0.0800. The zero-order valence-corrected chi connectivity index (χ0v) is 17.6. The number of aliphatic imine (C=N–C) groups is 1. The molecule has 1 rings (SSSR count). The van der Waals surface area contributed by atoms with E-state index in [1.165, 1.54) is 45.2 Å². The van der Waals surface area contributed by atoms with Gasteiger partial charge in [-0.05, 0) is 45.2 Å². The second-order valence-corrected chi connectivity index (χ2v) is 6.13. The molecule has 1 aliphatic heterocycles. The van der Waals surface area contributed by atoms with Crippen molar-refractivity contribution in [3.63, 3.8) is 0 Å². The van der Waals surface area contributed by atoms with Crippen LogP contribution in [0, 0.1) is 5.92 Å². The number of ether oxygens (including phenoxy) is 1. The van der Waals surface area contributed by atoms with Crippen LogP contribution in [0.15, 0.2) is 4.99 Å². The van der Waals surface area contributed by atoms with Crippen LogP contribution in [0.5, 0.6) is 0 Å². The van der Waals surface area contributed by atoms with Crippen molar-refractivity contribution >= 4 is 29.9 Å². The maximum atomic E-state index is 5.15. The van der Waals surface area contributed by atoms with E-state index in [0.717, 1.165) is 44.7 Å². The molecule has 0 atom stereocenters. The van der Waals surface area contributed by atoms with Gasteiger partial charge in [0.1, 0.15) is 0 Å². The van der Waals surface area contributed by atoms with Gasteiger partial charge in [-0.25, -0.2) is 0 Å². The fraction of sp³-hybridized carbons (Fsp3) is 0.941. The first-order valence-corrected chi connectivity index (χ1v) is 9.03. The lowest BCUT2D eigenvalue weighted by atomic mass is 9.97. The van der Waals surface area contributed by atoms with Gasteiger partial charge in [0, 0.05) is 33.3 Å². The van der Waals surface area contributed by atoms with E-state index in [2.05, 4.69) is 29.4 Å². The number of nitrogens with zero attached hydrogens (tertiary/aromatic N) is 2. The number of rotatable bonds is 10.